The van der Waals surface area contributed by atoms with E-state index < -0.39 is 0 Å². The van der Waals surface area contributed by atoms with Crippen LogP contribution >= 0.6 is 15.9 Å². The highest BCUT2D eigenvalue weighted by molar-refractivity contribution is 9.10. The molecule has 0 aliphatic carbocycles. The molecule has 20 heavy (non-hydrogen) atoms. The van der Waals surface area contributed by atoms with Crippen molar-refractivity contribution in [1.82, 2.24) is 0 Å². The first kappa shape index (κ1) is 13.4. The molecule has 0 amide bonds. The van der Waals surface area contributed by atoms with Crippen LogP contribution in [0.3, 0.4) is 0 Å². The van der Waals surface area contributed by atoms with Gasteiger partial charge in [-0.15, -0.1) is 0 Å². The van der Waals surface area contributed by atoms with Crippen LogP contribution < -0.4 is 5.73 Å². The van der Waals surface area contributed by atoms with Crippen molar-refractivity contribution in [2.45, 2.75) is 19.9 Å². The summed E-state index contributed by atoms with van der Waals surface area (Å²) in [6, 6.07) is 14.1. The van der Waals surface area contributed by atoms with Gasteiger partial charge in [-0.2, -0.15) is 0 Å². The van der Waals surface area contributed by atoms with Crippen molar-refractivity contribution in [3.63, 3.8) is 0 Å². The Hall–Kier alpha value is -1.58. The summed E-state index contributed by atoms with van der Waals surface area (Å²) in [7, 11) is 0. The van der Waals surface area contributed by atoms with E-state index in [2.05, 4.69) is 48.0 Å². The van der Waals surface area contributed by atoms with Gasteiger partial charge in [0.25, 0.3) is 0 Å². The fraction of sp³-hybridized carbons (Fsp3) is 0.176. The second-order valence-corrected chi connectivity index (χ2v) is 6.05. The fourth-order valence-electron chi connectivity index (χ4n) is 2.39. The number of hydrogen-bond acceptors (Lipinski definition) is 2. The minimum atomic E-state index is -0.267. The van der Waals surface area contributed by atoms with Crippen LogP contribution in [0.4, 0.5) is 0 Å². The van der Waals surface area contributed by atoms with E-state index in [0.29, 0.717) is 0 Å². The number of fused-ring (bicyclic) bond motifs is 1. The predicted octanol–water partition coefficient (Wildman–Crippen LogP) is 4.86. The van der Waals surface area contributed by atoms with E-state index >= 15 is 0 Å². The van der Waals surface area contributed by atoms with Gasteiger partial charge in [0.15, 0.2) is 0 Å². The van der Waals surface area contributed by atoms with Crippen LogP contribution in [0.5, 0.6) is 0 Å². The minimum Gasteiger partial charge on any atom is -0.459 e. The molecule has 3 heteroatoms. The molecule has 3 aromatic rings. The molecule has 3 rings (SSSR count). The van der Waals surface area contributed by atoms with Crippen molar-refractivity contribution in [3.8, 4) is 0 Å². The van der Waals surface area contributed by atoms with Gasteiger partial charge in [-0.3, -0.25) is 0 Å². The Morgan fingerprint density at radius 3 is 2.50 bits per heavy atom. The molecular weight excluding hydrogens is 314 g/mol. The van der Waals surface area contributed by atoms with Gasteiger partial charge in [0.2, 0.25) is 0 Å². The molecule has 0 fully saturated rings. The summed E-state index contributed by atoms with van der Waals surface area (Å²) in [6.45, 7) is 4.13. The van der Waals surface area contributed by atoms with Gasteiger partial charge in [0.1, 0.15) is 11.3 Å². The lowest BCUT2D eigenvalue weighted by molar-refractivity contribution is 0.524. The number of nitrogens with two attached hydrogens (primary N) is 1. The number of aryl methyl sites for hydroxylation is 2. The normalized spacial score (nSPS) is 12.8. The average molecular weight is 330 g/mol. The molecule has 0 radical (unpaired) electrons. The third-order valence-electron chi connectivity index (χ3n) is 3.48. The summed E-state index contributed by atoms with van der Waals surface area (Å²) in [4.78, 5) is 0. The van der Waals surface area contributed by atoms with Gasteiger partial charge >= 0.3 is 0 Å². The van der Waals surface area contributed by atoms with Crippen LogP contribution in [0.15, 0.2) is 51.4 Å². The summed E-state index contributed by atoms with van der Waals surface area (Å²) < 4.78 is 6.89. The van der Waals surface area contributed by atoms with Gasteiger partial charge in [-0.1, -0.05) is 45.3 Å². The van der Waals surface area contributed by atoms with Crippen molar-refractivity contribution >= 4 is 26.9 Å². The summed E-state index contributed by atoms with van der Waals surface area (Å²) in [6.07, 6.45) is 0. The Kier molecular flexibility index (Phi) is 3.40. The molecule has 0 bridgehead atoms. The lowest BCUT2D eigenvalue weighted by Crippen LogP contribution is -2.11. The van der Waals surface area contributed by atoms with Crippen LogP contribution in [0, 0.1) is 13.8 Å². The molecule has 0 spiro atoms. The lowest BCUT2D eigenvalue weighted by Gasteiger charge is -2.12. The van der Waals surface area contributed by atoms with E-state index in [1.54, 1.807) is 0 Å². The highest BCUT2D eigenvalue weighted by Gasteiger charge is 2.17. The van der Waals surface area contributed by atoms with Crippen LogP contribution in [0.25, 0.3) is 11.0 Å². The van der Waals surface area contributed by atoms with E-state index in [0.717, 1.165) is 26.8 Å². The number of benzene rings is 2. The molecule has 0 aliphatic heterocycles. The van der Waals surface area contributed by atoms with Gasteiger partial charge in [0, 0.05) is 9.86 Å². The van der Waals surface area contributed by atoms with Crippen molar-refractivity contribution in [2.75, 3.05) is 0 Å². The first-order valence-electron chi connectivity index (χ1n) is 6.56. The van der Waals surface area contributed by atoms with Crippen LogP contribution in [0.1, 0.15) is 28.5 Å². The quantitative estimate of drug-likeness (QED) is 0.729. The third kappa shape index (κ3) is 2.39. The Morgan fingerprint density at radius 2 is 1.70 bits per heavy atom. The SMILES string of the molecule is Cc1ccc(Br)c(C(N)c2cc3cc(C)ccc3o2)c1. The maximum absolute atomic E-state index is 6.36. The molecule has 1 heterocycles. The fourth-order valence-corrected chi connectivity index (χ4v) is 2.88. The molecule has 102 valence electrons. The van der Waals surface area contributed by atoms with E-state index in [1.807, 2.05) is 24.3 Å². The van der Waals surface area contributed by atoms with Crippen molar-refractivity contribution in [2.24, 2.45) is 5.73 Å². The lowest BCUT2D eigenvalue weighted by atomic mass is 10.0. The number of furan rings is 1. The van der Waals surface area contributed by atoms with E-state index in [4.69, 9.17) is 10.2 Å². The van der Waals surface area contributed by atoms with Crippen LogP contribution in [0.2, 0.25) is 0 Å². The average Bonchev–Trinajstić information content (AvgIpc) is 2.83. The Balaban J connectivity index is 2.07. The van der Waals surface area contributed by atoms with Crippen molar-refractivity contribution in [3.05, 3.63) is 69.4 Å². The van der Waals surface area contributed by atoms with Crippen LogP contribution in [-0.2, 0) is 0 Å². The molecule has 0 saturated carbocycles. The molecule has 1 unspecified atom stereocenters. The second kappa shape index (κ2) is 5.08. The summed E-state index contributed by atoms with van der Waals surface area (Å²) >= 11 is 3.56. The maximum Gasteiger partial charge on any atom is 0.134 e. The van der Waals surface area contributed by atoms with Crippen molar-refractivity contribution in [1.29, 1.82) is 0 Å². The zero-order valence-corrected chi connectivity index (χ0v) is 13.1. The third-order valence-corrected chi connectivity index (χ3v) is 4.21. The number of hydrogen-bond donors (Lipinski definition) is 1. The van der Waals surface area contributed by atoms with Gasteiger partial charge in [-0.05, 0) is 43.7 Å². The molecule has 2 nitrogen and oxygen atoms in total. The zero-order valence-electron chi connectivity index (χ0n) is 11.5. The Bertz CT molecular complexity index is 776. The predicted molar refractivity (Wildman–Crippen MR) is 85.9 cm³/mol. The summed E-state index contributed by atoms with van der Waals surface area (Å²) in [5, 5.41) is 1.10. The van der Waals surface area contributed by atoms with Gasteiger partial charge < -0.3 is 10.2 Å². The molecule has 2 aromatic carbocycles. The maximum atomic E-state index is 6.36. The Labute approximate surface area is 126 Å². The number of halogens is 1. The molecule has 0 saturated heterocycles. The highest BCUT2D eigenvalue weighted by Crippen LogP contribution is 2.31. The van der Waals surface area contributed by atoms with Gasteiger partial charge in [0.05, 0.1) is 6.04 Å². The first-order chi connectivity index (χ1) is 9.54. The molecule has 0 aliphatic rings. The topological polar surface area (TPSA) is 39.2 Å². The largest absolute Gasteiger partial charge is 0.459 e. The van der Waals surface area contributed by atoms with Gasteiger partial charge in [-0.25, -0.2) is 0 Å². The molecular formula is C17H16BrNO. The zero-order chi connectivity index (χ0) is 14.3. The summed E-state index contributed by atoms with van der Waals surface area (Å²) in [5.41, 5.74) is 10.7. The second-order valence-electron chi connectivity index (χ2n) is 5.19. The first-order valence-corrected chi connectivity index (χ1v) is 7.35. The summed E-state index contributed by atoms with van der Waals surface area (Å²) in [5.74, 6) is 0.789. The molecule has 1 atom stereocenters. The Morgan fingerprint density at radius 1 is 1.00 bits per heavy atom. The minimum absolute atomic E-state index is 0.267. The highest BCUT2D eigenvalue weighted by atomic mass is 79.9. The molecule has 1 aromatic heterocycles. The van der Waals surface area contributed by atoms with Crippen LogP contribution in [-0.4, -0.2) is 0 Å². The van der Waals surface area contributed by atoms with E-state index in [1.165, 1.54) is 11.1 Å². The monoisotopic (exact) mass is 329 g/mol. The molecule has 2 N–H and O–H groups in total. The van der Waals surface area contributed by atoms with Crippen molar-refractivity contribution < 1.29 is 4.42 Å². The standard InChI is InChI=1S/C17H16BrNO/c1-10-4-6-15-12(7-10)9-16(20-15)17(19)13-8-11(2)3-5-14(13)18/h3-9,17H,19H2,1-2H3. The smallest absolute Gasteiger partial charge is 0.134 e. The number of rotatable bonds is 2. The van der Waals surface area contributed by atoms with E-state index in [-0.39, 0.29) is 6.04 Å². The van der Waals surface area contributed by atoms with E-state index in [9.17, 15) is 0 Å².